The summed E-state index contributed by atoms with van der Waals surface area (Å²) in [4.78, 5) is 13.5. The Morgan fingerprint density at radius 3 is 2.59 bits per heavy atom. The van der Waals surface area contributed by atoms with Crippen molar-refractivity contribution in [3.05, 3.63) is 11.4 Å². The number of rotatable bonds is 7. The molecular weight excluding hydrogens is 220 g/mol. The Labute approximate surface area is 101 Å². The third kappa shape index (κ3) is 4.14. The van der Waals surface area contributed by atoms with Gasteiger partial charge in [-0.3, -0.25) is 4.79 Å². The summed E-state index contributed by atoms with van der Waals surface area (Å²) >= 11 is 0. The zero-order valence-corrected chi connectivity index (χ0v) is 10.7. The van der Waals surface area contributed by atoms with E-state index in [1.165, 1.54) is 0 Å². The van der Waals surface area contributed by atoms with Crippen LogP contribution in [0, 0.1) is 6.92 Å². The summed E-state index contributed by atoms with van der Waals surface area (Å²) in [6.45, 7) is 8.57. The highest BCUT2D eigenvalue weighted by atomic mass is 16.6. The minimum absolute atomic E-state index is 0.178. The number of carbonyl (C=O) groups is 1. The number of carbonyl (C=O) groups excluding carboxylic acids is 1. The van der Waals surface area contributed by atoms with E-state index in [0.717, 1.165) is 24.5 Å². The monoisotopic (exact) mass is 240 g/mol. The third-order valence-electron chi connectivity index (χ3n) is 2.67. The highest BCUT2D eigenvalue weighted by Gasteiger charge is 2.09. The van der Waals surface area contributed by atoms with E-state index < -0.39 is 0 Å². The lowest BCUT2D eigenvalue weighted by Gasteiger charge is -2.18. The Kier molecular flexibility index (Phi) is 5.62. The lowest BCUT2D eigenvalue weighted by Crippen LogP contribution is -2.32. The van der Waals surface area contributed by atoms with Crippen LogP contribution in [0.15, 0.2) is 4.63 Å². The van der Waals surface area contributed by atoms with Crippen molar-refractivity contribution in [1.82, 2.24) is 20.5 Å². The maximum atomic E-state index is 11.7. The molecule has 6 heteroatoms. The van der Waals surface area contributed by atoms with E-state index in [-0.39, 0.29) is 5.91 Å². The summed E-state index contributed by atoms with van der Waals surface area (Å²) in [6.07, 6.45) is 0.506. The van der Waals surface area contributed by atoms with Crippen LogP contribution in [-0.2, 0) is 11.3 Å². The normalized spacial score (nSPS) is 10.5. The first-order valence-corrected chi connectivity index (χ1v) is 5.95. The van der Waals surface area contributed by atoms with E-state index in [2.05, 4.69) is 20.3 Å². The molecule has 17 heavy (non-hydrogen) atoms. The van der Waals surface area contributed by atoms with Crippen LogP contribution in [0.3, 0.4) is 0 Å². The molecule has 1 amide bonds. The Morgan fingerprint density at radius 2 is 2.06 bits per heavy atom. The molecule has 0 saturated carbocycles. The molecule has 1 N–H and O–H groups in total. The predicted octanol–water partition coefficient (Wildman–Crippen LogP) is 0.726. The van der Waals surface area contributed by atoms with E-state index in [4.69, 9.17) is 0 Å². The van der Waals surface area contributed by atoms with Crippen LogP contribution in [0.25, 0.3) is 0 Å². The SMILES string of the molecule is CCN(CC)C(=O)CCNCc1nonc1C. The maximum absolute atomic E-state index is 11.7. The molecule has 0 unspecified atom stereocenters. The molecule has 1 heterocycles. The highest BCUT2D eigenvalue weighted by molar-refractivity contribution is 5.76. The molecule has 1 aromatic rings. The van der Waals surface area contributed by atoms with E-state index in [1.54, 1.807) is 0 Å². The van der Waals surface area contributed by atoms with E-state index in [1.807, 2.05) is 25.7 Å². The smallest absolute Gasteiger partial charge is 0.223 e. The zero-order chi connectivity index (χ0) is 12.7. The quantitative estimate of drug-likeness (QED) is 0.711. The number of nitrogens with one attached hydrogen (secondary N) is 1. The number of aryl methyl sites for hydroxylation is 1. The Hall–Kier alpha value is -1.43. The topological polar surface area (TPSA) is 71.3 Å². The van der Waals surface area contributed by atoms with Gasteiger partial charge in [-0.05, 0) is 20.8 Å². The van der Waals surface area contributed by atoms with Gasteiger partial charge >= 0.3 is 0 Å². The second-order valence-corrected chi connectivity index (χ2v) is 3.79. The second-order valence-electron chi connectivity index (χ2n) is 3.79. The van der Waals surface area contributed by atoms with E-state index >= 15 is 0 Å². The standard InChI is InChI=1S/C11H20N4O2/c1-4-15(5-2)11(16)6-7-12-8-10-9(3)13-17-14-10/h12H,4-8H2,1-3H3. The number of hydrogen-bond donors (Lipinski definition) is 1. The van der Waals surface area contributed by atoms with E-state index in [9.17, 15) is 4.79 Å². The molecule has 0 aromatic carbocycles. The van der Waals surface area contributed by atoms with Gasteiger partial charge in [0, 0.05) is 32.6 Å². The summed E-state index contributed by atoms with van der Waals surface area (Å²) in [5.41, 5.74) is 1.58. The van der Waals surface area contributed by atoms with Crippen molar-refractivity contribution in [3.8, 4) is 0 Å². The molecule has 1 rings (SSSR count). The van der Waals surface area contributed by atoms with Gasteiger partial charge < -0.3 is 10.2 Å². The van der Waals surface area contributed by atoms with Crippen molar-refractivity contribution < 1.29 is 9.42 Å². The van der Waals surface area contributed by atoms with Crippen molar-refractivity contribution in [3.63, 3.8) is 0 Å². The number of aromatic nitrogens is 2. The molecule has 0 atom stereocenters. The number of hydrogen-bond acceptors (Lipinski definition) is 5. The van der Waals surface area contributed by atoms with Gasteiger partial charge in [-0.1, -0.05) is 10.3 Å². The molecule has 0 fully saturated rings. The maximum Gasteiger partial charge on any atom is 0.223 e. The van der Waals surface area contributed by atoms with Gasteiger partial charge in [-0.15, -0.1) is 0 Å². The van der Waals surface area contributed by atoms with Crippen molar-refractivity contribution in [2.45, 2.75) is 33.7 Å². The summed E-state index contributed by atoms with van der Waals surface area (Å²) in [6, 6.07) is 0. The summed E-state index contributed by atoms with van der Waals surface area (Å²) in [5.74, 6) is 0.178. The molecule has 0 bridgehead atoms. The molecule has 96 valence electrons. The van der Waals surface area contributed by atoms with Crippen molar-refractivity contribution >= 4 is 5.91 Å². The molecule has 1 aromatic heterocycles. The Bertz CT molecular complexity index is 347. The third-order valence-corrected chi connectivity index (χ3v) is 2.67. The Balaban J connectivity index is 2.20. The number of nitrogens with zero attached hydrogens (tertiary/aromatic N) is 3. The second kappa shape index (κ2) is 7.01. The average molecular weight is 240 g/mol. The summed E-state index contributed by atoms with van der Waals surface area (Å²) in [7, 11) is 0. The van der Waals surface area contributed by atoms with Gasteiger partial charge in [0.15, 0.2) is 0 Å². The minimum Gasteiger partial charge on any atom is -0.343 e. The summed E-state index contributed by atoms with van der Waals surface area (Å²) in [5, 5.41) is 10.6. The van der Waals surface area contributed by atoms with Crippen LogP contribution in [0.1, 0.15) is 31.7 Å². The van der Waals surface area contributed by atoms with Crippen LogP contribution in [-0.4, -0.2) is 40.8 Å². The molecule has 0 saturated heterocycles. The van der Waals surface area contributed by atoms with Crippen LogP contribution in [0.2, 0.25) is 0 Å². The summed E-state index contributed by atoms with van der Waals surface area (Å²) < 4.78 is 4.58. The van der Waals surface area contributed by atoms with Gasteiger partial charge in [-0.25, -0.2) is 4.63 Å². The van der Waals surface area contributed by atoms with Crippen molar-refractivity contribution in [1.29, 1.82) is 0 Å². The van der Waals surface area contributed by atoms with E-state index in [0.29, 0.717) is 19.5 Å². The van der Waals surface area contributed by atoms with Gasteiger partial charge in [0.25, 0.3) is 0 Å². The van der Waals surface area contributed by atoms with Gasteiger partial charge in [0.05, 0.1) is 0 Å². The molecule has 0 spiro atoms. The predicted molar refractivity (Wildman–Crippen MR) is 63.3 cm³/mol. The molecule has 0 aliphatic carbocycles. The van der Waals surface area contributed by atoms with Crippen LogP contribution < -0.4 is 5.32 Å². The fourth-order valence-corrected chi connectivity index (χ4v) is 1.55. The first-order chi connectivity index (χ1) is 8.19. The fourth-order valence-electron chi connectivity index (χ4n) is 1.55. The fraction of sp³-hybridized carbons (Fsp3) is 0.727. The first-order valence-electron chi connectivity index (χ1n) is 5.95. The van der Waals surface area contributed by atoms with Crippen LogP contribution in [0.4, 0.5) is 0 Å². The lowest BCUT2D eigenvalue weighted by molar-refractivity contribution is -0.130. The minimum atomic E-state index is 0.178. The van der Waals surface area contributed by atoms with Crippen molar-refractivity contribution in [2.75, 3.05) is 19.6 Å². The number of amides is 1. The van der Waals surface area contributed by atoms with Crippen molar-refractivity contribution in [2.24, 2.45) is 0 Å². The van der Waals surface area contributed by atoms with Crippen LogP contribution >= 0.6 is 0 Å². The zero-order valence-electron chi connectivity index (χ0n) is 10.7. The first kappa shape index (κ1) is 13.6. The van der Waals surface area contributed by atoms with Gasteiger partial charge in [-0.2, -0.15) is 0 Å². The Morgan fingerprint density at radius 1 is 1.35 bits per heavy atom. The molecular formula is C11H20N4O2. The lowest BCUT2D eigenvalue weighted by atomic mass is 10.3. The van der Waals surface area contributed by atoms with Gasteiger partial charge in [0.2, 0.25) is 5.91 Å². The van der Waals surface area contributed by atoms with Crippen LogP contribution in [0.5, 0.6) is 0 Å². The highest BCUT2D eigenvalue weighted by Crippen LogP contribution is 1.99. The molecule has 6 nitrogen and oxygen atoms in total. The average Bonchev–Trinajstić information content (AvgIpc) is 2.72. The molecule has 0 aliphatic heterocycles. The molecule has 0 radical (unpaired) electrons. The molecule has 0 aliphatic rings. The van der Waals surface area contributed by atoms with Gasteiger partial charge in [0.1, 0.15) is 11.4 Å². The largest absolute Gasteiger partial charge is 0.343 e.